The fourth-order valence-electron chi connectivity index (χ4n) is 6.87. The van der Waals surface area contributed by atoms with Crippen molar-refractivity contribution in [1.82, 2.24) is 0 Å². The average molecular weight is 811 g/mol. The van der Waals surface area contributed by atoms with Gasteiger partial charge in [0.25, 0.3) is 0 Å². The van der Waals surface area contributed by atoms with E-state index in [0.717, 1.165) is 57.8 Å². The third-order valence-electron chi connectivity index (χ3n) is 10.5. The van der Waals surface area contributed by atoms with E-state index in [9.17, 15) is 34.8 Å². The van der Waals surface area contributed by atoms with Gasteiger partial charge in [0, 0.05) is 12.8 Å². The molecule has 0 aliphatic carbocycles. The zero-order valence-corrected chi connectivity index (χ0v) is 35.8. The standard InChI is InChI=1S/C46H82O11/c1-3-5-7-9-11-13-15-17-18-19-20-21-22-23-25-26-28-30-32-34-39(47)54-36-38(37-55-46-43(51)41(49)42(50)44(57-46)45(52)53)56-40(48)35-33-31-29-27-24-16-14-12-10-8-6-4-2/h12,14,17-18,38,41-44,46,49-51H,3-11,13,15-16,19-37H2,1-2H3,(H,52,53)/b14-12-,18-17-. The number of aliphatic hydroxyl groups is 3. The lowest BCUT2D eigenvalue weighted by Gasteiger charge is -2.38. The van der Waals surface area contributed by atoms with Crippen molar-refractivity contribution in [2.45, 2.75) is 237 Å². The van der Waals surface area contributed by atoms with Crippen molar-refractivity contribution in [2.75, 3.05) is 13.2 Å². The number of aliphatic hydroxyl groups excluding tert-OH is 3. The maximum absolute atomic E-state index is 12.7. The zero-order chi connectivity index (χ0) is 41.8. The highest BCUT2D eigenvalue weighted by Crippen LogP contribution is 2.23. The van der Waals surface area contributed by atoms with Crippen LogP contribution in [0.3, 0.4) is 0 Å². The first-order chi connectivity index (χ1) is 27.7. The minimum absolute atomic E-state index is 0.174. The molecule has 1 heterocycles. The summed E-state index contributed by atoms with van der Waals surface area (Å²) in [4.78, 5) is 36.8. The van der Waals surface area contributed by atoms with Gasteiger partial charge in [-0.25, -0.2) is 4.79 Å². The molecule has 1 aliphatic heterocycles. The number of esters is 2. The van der Waals surface area contributed by atoms with Gasteiger partial charge in [-0.3, -0.25) is 9.59 Å². The molecule has 6 atom stereocenters. The number of allylic oxidation sites excluding steroid dienone is 4. The number of carbonyl (C=O) groups excluding carboxylic acids is 2. The molecule has 0 saturated carbocycles. The molecule has 11 nitrogen and oxygen atoms in total. The predicted molar refractivity (Wildman–Crippen MR) is 225 cm³/mol. The van der Waals surface area contributed by atoms with Crippen LogP contribution in [0.25, 0.3) is 0 Å². The Kier molecular flexibility index (Phi) is 34.0. The summed E-state index contributed by atoms with van der Waals surface area (Å²) in [5.74, 6) is -2.45. The lowest BCUT2D eigenvalue weighted by molar-refractivity contribution is -0.298. The zero-order valence-electron chi connectivity index (χ0n) is 35.8. The van der Waals surface area contributed by atoms with Crippen molar-refractivity contribution in [3.05, 3.63) is 24.3 Å². The Hall–Kier alpha value is -2.31. The molecule has 0 amide bonds. The molecule has 1 aliphatic rings. The molecule has 57 heavy (non-hydrogen) atoms. The van der Waals surface area contributed by atoms with E-state index >= 15 is 0 Å². The minimum atomic E-state index is -1.86. The fraction of sp³-hybridized carbons (Fsp3) is 0.848. The van der Waals surface area contributed by atoms with E-state index in [4.69, 9.17) is 18.9 Å². The first kappa shape index (κ1) is 52.7. The largest absolute Gasteiger partial charge is 0.479 e. The second-order valence-electron chi connectivity index (χ2n) is 15.9. The van der Waals surface area contributed by atoms with E-state index in [1.165, 1.54) is 103 Å². The van der Waals surface area contributed by atoms with Gasteiger partial charge in [0.1, 0.15) is 24.9 Å². The molecule has 0 aromatic heterocycles. The molecular weight excluding hydrogens is 728 g/mol. The summed E-state index contributed by atoms with van der Waals surface area (Å²) in [6, 6.07) is 0. The average Bonchev–Trinajstić information content (AvgIpc) is 3.19. The number of hydrogen-bond acceptors (Lipinski definition) is 10. The van der Waals surface area contributed by atoms with Crippen molar-refractivity contribution in [2.24, 2.45) is 0 Å². The number of carbonyl (C=O) groups is 3. The Balaban J connectivity index is 2.33. The number of ether oxygens (including phenoxy) is 4. The van der Waals surface area contributed by atoms with Gasteiger partial charge in [0.15, 0.2) is 18.5 Å². The summed E-state index contributed by atoms with van der Waals surface area (Å²) in [5, 5.41) is 39.8. The van der Waals surface area contributed by atoms with Gasteiger partial charge in [0.05, 0.1) is 6.61 Å². The smallest absolute Gasteiger partial charge is 0.335 e. The van der Waals surface area contributed by atoms with E-state index in [0.29, 0.717) is 12.8 Å². The van der Waals surface area contributed by atoms with Crippen LogP contribution >= 0.6 is 0 Å². The van der Waals surface area contributed by atoms with Gasteiger partial charge in [0.2, 0.25) is 0 Å². The van der Waals surface area contributed by atoms with Crippen LogP contribution in [-0.4, -0.2) is 88.4 Å². The number of carboxylic acids is 1. The summed E-state index contributed by atoms with van der Waals surface area (Å²) >= 11 is 0. The Morgan fingerprint density at radius 3 is 1.40 bits per heavy atom. The first-order valence-electron chi connectivity index (χ1n) is 22.9. The normalized spacial score (nSPS) is 20.3. The molecule has 332 valence electrons. The summed E-state index contributed by atoms with van der Waals surface area (Å²) in [7, 11) is 0. The van der Waals surface area contributed by atoms with E-state index in [1.807, 2.05) is 0 Å². The van der Waals surface area contributed by atoms with Crippen LogP contribution < -0.4 is 0 Å². The third-order valence-corrected chi connectivity index (χ3v) is 10.5. The van der Waals surface area contributed by atoms with Gasteiger partial charge >= 0.3 is 17.9 Å². The van der Waals surface area contributed by atoms with Crippen LogP contribution in [0.5, 0.6) is 0 Å². The molecule has 6 unspecified atom stereocenters. The maximum atomic E-state index is 12.7. The van der Waals surface area contributed by atoms with Gasteiger partial charge in [-0.1, -0.05) is 147 Å². The molecule has 0 bridgehead atoms. The van der Waals surface area contributed by atoms with Crippen molar-refractivity contribution in [1.29, 1.82) is 0 Å². The van der Waals surface area contributed by atoms with Crippen LogP contribution in [0.1, 0.15) is 200 Å². The SMILES string of the molecule is CCCCC/C=C\CCCCCCCC(=O)OC(COC(=O)CCCCCCCCCCC/C=C\CCCCCCCC)COC1OC(C(=O)O)C(O)C(O)C1O. The van der Waals surface area contributed by atoms with E-state index in [1.54, 1.807) is 0 Å². The molecule has 4 N–H and O–H groups in total. The third kappa shape index (κ3) is 28.7. The van der Waals surface area contributed by atoms with Crippen molar-refractivity contribution >= 4 is 17.9 Å². The Morgan fingerprint density at radius 2 is 0.930 bits per heavy atom. The molecule has 1 saturated heterocycles. The summed E-state index contributed by atoms with van der Waals surface area (Å²) in [5.41, 5.74) is 0. The second-order valence-corrected chi connectivity index (χ2v) is 15.9. The number of hydrogen-bond donors (Lipinski definition) is 4. The molecular formula is C46H82O11. The highest BCUT2D eigenvalue weighted by atomic mass is 16.7. The van der Waals surface area contributed by atoms with Gasteiger partial charge < -0.3 is 39.4 Å². The molecule has 0 radical (unpaired) electrons. The van der Waals surface area contributed by atoms with Crippen LogP contribution in [-0.2, 0) is 33.3 Å². The molecule has 1 rings (SSSR count). The van der Waals surface area contributed by atoms with Gasteiger partial charge in [-0.2, -0.15) is 0 Å². The van der Waals surface area contributed by atoms with Crippen LogP contribution in [0, 0.1) is 0 Å². The van der Waals surface area contributed by atoms with Crippen LogP contribution in [0.2, 0.25) is 0 Å². The molecule has 11 heteroatoms. The molecule has 0 spiro atoms. The number of rotatable bonds is 38. The van der Waals surface area contributed by atoms with Crippen LogP contribution in [0.4, 0.5) is 0 Å². The Morgan fingerprint density at radius 1 is 0.526 bits per heavy atom. The maximum Gasteiger partial charge on any atom is 0.335 e. The molecule has 1 fully saturated rings. The molecule has 0 aromatic rings. The molecule has 0 aromatic carbocycles. The number of aliphatic carboxylic acids is 1. The van der Waals surface area contributed by atoms with Crippen molar-refractivity contribution in [3.8, 4) is 0 Å². The topological polar surface area (TPSA) is 169 Å². The lowest BCUT2D eigenvalue weighted by atomic mass is 9.99. The van der Waals surface area contributed by atoms with Crippen molar-refractivity contribution < 1.29 is 53.8 Å². The van der Waals surface area contributed by atoms with Crippen LogP contribution in [0.15, 0.2) is 24.3 Å². The lowest BCUT2D eigenvalue weighted by Crippen LogP contribution is -2.60. The minimum Gasteiger partial charge on any atom is -0.479 e. The monoisotopic (exact) mass is 811 g/mol. The second kappa shape index (κ2) is 36.7. The van der Waals surface area contributed by atoms with Gasteiger partial charge in [-0.15, -0.1) is 0 Å². The van der Waals surface area contributed by atoms with Crippen molar-refractivity contribution in [3.63, 3.8) is 0 Å². The predicted octanol–water partition coefficient (Wildman–Crippen LogP) is 9.82. The fourth-order valence-corrected chi connectivity index (χ4v) is 6.87. The number of carboxylic acid groups (broad SMARTS) is 1. The van der Waals surface area contributed by atoms with Gasteiger partial charge in [-0.05, 0) is 64.2 Å². The van der Waals surface area contributed by atoms with E-state index in [-0.39, 0.29) is 19.4 Å². The Labute approximate surface area is 345 Å². The number of unbranched alkanes of at least 4 members (excludes halogenated alkanes) is 23. The Bertz CT molecular complexity index is 1050. The van der Waals surface area contributed by atoms with E-state index in [2.05, 4.69) is 38.2 Å². The summed E-state index contributed by atoms with van der Waals surface area (Å²) in [6.07, 6.45) is 30.9. The van der Waals surface area contributed by atoms with E-state index < -0.39 is 61.3 Å². The highest BCUT2D eigenvalue weighted by molar-refractivity contribution is 5.73. The summed E-state index contributed by atoms with van der Waals surface area (Å²) in [6.45, 7) is 3.78. The first-order valence-corrected chi connectivity index (χ1v) is 22.9. The quantitative estimate of drug-likeness (QED) is 0.0266. The summed E-state index contributed by atoms with van der Waals surface area (Å²) < 4.78 is 21.7. The highest BCUT2D eigenvalue weighted by Gasteiger charge is 2.47.